The van der Waals surface area contributed by atoms with E-state index in [0.717, 1.165) is 0 Å². The van der Waals surface area contributed by atoms with Crippen LogP contribution in [0.15, 0.2) is 6.07 Å². The molecule has 10 heteroatoms. The first kappa shape index (κ1) is 18.5. The van der Waals surface area contributed by atoms with E-state index in [9.17, 15) is 13.6 Å². The van der Waals surface area contributed by atoms with E-state index in [4.69, 9.17) is 63.1 Å². The number of carboxylic acids is 1. The molecule has 0 saturated carbocycles. The largest absolute Gasteiger partial charge is 0.481 e. The highest BCUT2D eigenvalue weighted by atomic mass is 35.5. The fraction of sp³-hybridized carbons (Fsp3) is 0.0769. The molecule has 122 valence electrons. The fourth-order valence-corrected chi connectivity index (χ4v) is 3.08. The first-order valence-corrected chi connectivity index (χ1v) is 7.62. The van der Waals surface area contributed by atoms with Gasteiger partial charge in [-0.15, -0.1) is 0 Å². The van der Waals surface area contributed by atoms with Gasteiger partial charge in [-0.05, 0) is 0 Å². The van der Waals surface area contributed by atoms with Gasteiger partial charge in [-0.3, -0.25) is 4.79 Å². The molecule has 0 fully saturated rings. The molecule has 0 spiro atoms. The second-order valence-electron chi connectivity index (χ2n) is 4.26. The van der Waals surface area contributed by atoms with Gasteiger partial charge in [0.1, 0.15) is 11.5 Å². The number of pyridine rings is 1. The summed E-state index contributed by atoms with van der Waals surface area (Å²) in [4.78, 5) is 14.4. The molecule has 1 aromatic carbocycles. The van der Waals surface area contributed by atoms with Crippen molar-refractivity contribution < 1.29 is 18.7 Å². The number of aromatic nitrogens is 1. The zero-order valence-electron chi connectivity index (χ0n) is 10.7. The molecule has 0 aliphatic carbocycles. The second-order valence-corrected chi connectivity index (χ2v) is 6.15. The van der Waals surface area contributed by atoms with Gasteiger partial charge in [0, 0.05) is 11.6 Å². The van der Waals surface area contributed by atoms with E-state index in [1.54, 1.807) is 0 Å². The summed E-state index contributed by atoms with van der Waals surface area (Å²) in [7, 11) is 0. The number of halogens is 7. The third kappa shape index (κ3) is 3.49. The minimum atomic E-state index is -1.35. The topological polar surface area (TPSA) is 50.2 Å². The minimum absolute atomic E-state index is 0.139. The van der Waals surface area contributed by atoms with Crippen molar-refractivity contribution >= 4 is 64.0 Å². The van der Waals surface area contributed by atoms with Crippen LogP contribution in [0.4, 0.5) is 8.78 Å². The van der Waals surface area contributed by atoms with Crippen LogP contribution in [0.1, 0.15) is 5.69 Å². The lowest BCUT2D eigenvalue weighted by Gasteiger charge is -2.13. The average molecular weight is 421 g/mol. The van der Waals surface area contributed by atoms with E-state index in [0.29, 0.717) is 6.07 Å². The van der Waals surface area contributed by atoms with Gasteiger partial charge in [0.25, 0.3) is 0 Å². The molecule has 0 atom stereocenters. The van der Waals surface area contributed by atoms with Crippen LogP contribution in [0.5, 0.6) is 0 Å². The first-order valence-electron chi connectivity index (χ1n) is 5.73. The highest BCUT2D eigenvalue weighted by molar-refractivity contribution is 6.56. The lowest BCUT2D eigenvalue weighted by molar-refractivity contribution is -0.136. The van der Waals surface area contributed by atoms with E-state index in [-0.39, 0.29) is 30.7 Å². The Hall–Kier alpha value is -0.850. The van der Waals surface area contributed by atoms with E-state index < -0.39 is 35.4 Å². The Bertz CT molecular complexity index is 800. The van der Waals surface area contributed by atoms with Crippen LogP contribution >= 0.6 is 58.0 Å². The summed E-state index contributed by atoms with van der Waals surface area (Å²) in [5.41, 5.74) is -1.20. The van der Waals surface area contributed by atoms with Crippen LogP contribution in [-0.2, 0) is 11.2 Å². The van der Waals surface area contributed by atoms with Crippen LogP contribution in [0.3, 0.4) is 0 Å². The Labute approximate surface area is 153 Å². The number of rotatable bonds is 3. The molecule has 0 bridgehead atoms. The van der Waals surface area contributed by atoms with Crippen LogP contribution in [0.25, 0.3) is 11.3 Å². The molecule has 2 rings (SSSR count). The summed E-state index contributed by atoms with van der Waals surface area (Å²) in [5, 5.41) is 7.73. The third-order valence-corrected chi connectivity index (χ3v) is 5.04. The zero-order valence-corrected chi connectivity index (χ0v) is 14.5. The number of carboxylic acid groups (broad SMARTS) is 1. The predicted octanol–water partition coefficient (Wildman–Crippen LogP) is 5.92. The number of nitrogens with zero attached hydrogens (tertiary/aromatic N) is 1. The monoisotopic (exact) mass is 419 g/mol. The number of benzene rings is 1. The number of aliphatic carboxylic acids is 1. The number of hydrogen-bond acceptors (Lipinski definition) is 2. The first-order chi connectivity index (χ1) is 10.6. The maximum atomic E-state index is 14.1. The fourth-order valence-electron chi connectivity index (χ4n) is 1.76. The van der Waals surface area contributed by atoms with Crippen LogP contribution < -0.4 is 0 Å². The van der Waals surface area contributed by atoms with Crippen LogP contribution in [0.2, 0.25) is 25.1 Å². The van der Waals surface area contributed by atoms with Crippen LogP contribution in [0, 0.1) is 11.6 Å². The quantitative estimate of drug-likeness (QED) is 0.494. The Morgan fingerprint density at radius 2 is 1.43 bits per heavy atom. The molecule has 0 amide bonds. The van der Waals surface area contributed by atoms with Crippen molar-refractivity contribution in [3.8, 4) is 11.3 Å². The molecule has 3 nitrogen and oxygen atoms in total. The summed E-state index contributed by atoms with van der Waals surface area (Å²) >= 11 is 29.6. The molecule has 23 heavy (non-hydrogen) atoms. The lowest BCUT2D eigenvalue weighted by atomic mass is 10.1. The van der Waals surface area contributed by atoms with Crippen molar-refractivity contribution in [2.24, 2.45) is 0 Å². The zero-order chi connectivity index (χ0) is 17.5. The highest BCUT2D eigenvalue weighted by Gasteiger charge is 2.25. The Morgan fingerprint density at radius 3 is 1.91 bits per heavy atom. The van der Waals surface area contributed by atoms with Gasteiger partial charge in [0.05, 0.1) is 37.2 Å². The molecule has 0 unspecified atom stereocenters. The predicted molar refractivity (Wildman–Crippen MR) is 86.0 cm³/mol. The molecule has 1 heterocycles. The van der Waals surface area contributed by atoms with E-state index in [1.165, 1.54) is 0 Å². The van der Waals surface area contributed by atoms with E-state index >= 15 is 0 Å². The van der Waals surface area contributed by atoms with Gasteiger partial charge in [-0.1, -0.05) is 58.0 Å². The summed E-state index contributed by atoms with van der Waals surface area (Å²) in [6, 6.07) is 0.476. The van der Waals surface area contributed by atoms with Crippen LogP contribution in [-0.4, -0.2) is 16.1 Å². The standard InChI is InChI=1S/C13H4Cl5F2NO2/c14-8-7(9(15)11(17)12(18)10(8)16)13-4(20)1-3(19)5(21-13)2-6(22)23/h1H,2H2,(H,22,23). The third-order valence-electron chi connectivity index (χ3n) is 2.77. The number of hydrogen-bond donors (Lipinski definition) is 1. The van der Waals surface area contributed by atoms with Gasteiger partial charge < -0.3 is 5.11 Å². The Balaban J connectivity index is 2.80. The molecule has 0 aliphatic heterocycles. The molecule has 2 aromatic rings. The minimum Gasteiger partial charge on any atom is -0.481 e. The normalized spacial score (nSPS) is 10.9. The average Bonchev–Trinajstić information content (AvgIpc) is 2.47. The highest BCUT2D eigenvalue weighted by Crippen LogP contribution is 2.48. The van der Waals surface area contributed by atoms with Gasteiger partial charge >= 0.3 is 5.97 Å². The van der Waals surface area contributed by atoms with E-state index in [2.05, 4.69) is 4.98 Å². The SMILES string of the molecule is O=C(O)Cc1nc(-c2c(Cl)c(Cl)c(Cl)c(Cl)c2Cl)c(F)cc1F. The molecule has 0 aliphatic rings. The van der Waals surface area contributed by atoms with Crippen molar-refractivity contribution in [2.45, 2.75) is 6.42 Å². The number of carbonyl (C=O) groups is 1. The molecule has 1 N–H and O–H groups in total. The molecule has 0 radical (unpaired) electrons. The Kier molecular flexibility index (Phi) is 5.59. The summed E-state index contributed by atoms with van der Waals surface area (Å²) < 4.78 is 27.7. The van der Waals surface area contributed by atoms with Gasteiger partial charge in [-0.2, -0.15) is 0 Å². The van der Waals surface area contributed by atoms with Crippen molar-refractivity contribution in [2.75, 3.05) is 0 Å². The molecular weight excluding hydrogens is 417 g/mol. The Morgan fingerprint density at radius 1 is 0.957 bits per heavy atom. The van der Waals surface area contributed by atoms with Crippen molar-refractivity contribution in [1.29, 1.82) is 0 Å². The lowest BCUT2D eigenvalue weighted by Crippen LogP contribution is -2.07. The van der Waals surface area contributed by atoms with Gasteiger partial charge in [0.2, 0.25) is 0 Å². The van der Waals surface area contributed by atoms with Crippen molar-refractivity contribution in [3.05, 3.63) is 48.5 Å². The smallest absolute Gasteiger partial charge is 0.309 e. The summed E-state index contributed by atoms with van der Waals surface area (Å²) in [6.07, 6.45) is -0.761. The van der Waals surface area contributed by atoms with Crippen molar-refractivity contribution in [1.82, 2.24) is 4.98 Å². The maximum Gasteiger partial charge on any atom is 0.309 e. The summed E-state index contributed by atoms with van der Waals surface area (Å²) in [5.74, 6) is -3.58. The molecular formula is C13H4Cl5F2NO2. The van der Waals surface area contributed by atoms with Crippen molar-refractivity contribution in [3.63, 3.8) is 0 Å². The molecule has 1 aromatic heterocycles. The second kappa shape index (κ2) is 6.95. The maximum absolute atomic E-state index is 14.1. The summed E-state index contributed by atoms with van der Waals surface area (Å²) in [6.45, 7) is 0. The van der Waals surface area contributed by atoms with E-state index in [1.807, 2.05) is 0 Å². The van der Waals surface area contributed by atoms with Gasteiger partial charge in [-0.25, -0.2) is 13.8 Å². The molecule has 0 saturated heterocycles. The van der Waals surface area contributed by atoms with Gasteiger partial charge in [0.15, 0.2) is 5.82 Å².